The van der Waals surface area contributed by atoms with Crippen LogP contribution in [0.4, 0.5) is 0 Å². The second-order valence-corrected chi connectivity index (χ2v) is 8.85. The highest BCUT2D eigenvalue weighted by molar-refractivity contribution is 7.90. The lowest BCUT2D eigenvalue weighted by Gasteiger charge is -2.33. The quantitative estimate of drug-likeness (QED) is 0.803. The van der Waals surface area contributed by atoms with Crippen LogP contribution >= 0.6 is 0 Å². The zero-order valence-corrected chi connectivity index (χ0v) is 14.0. The van der Waals surface area contributed by atoms with E-state index in [0.29, 0.717) is 31.9 Å². The van der Waals surface area contributed by atoms with E-state index in [1.54, 1.807) is 9.21 Å². The maximum absolute atomic E-state index is 12.6. The van der Waals surface area contributed by atoms with Gasteiger partial charge in [-0.15, -0.1) is 0 Å². The highest BCUT2D eigenvalue weighted by atomic mass is 32.2. The predicted octanol–water partition coefficient (Wildman–Crippen LogP) is 0.469. The first-order valence-electron chi connectivity index (χ1n) is 8.41. The molecule has 23 heavy (non-hydrogen) atoms. The van der Waals surface area contributed by atoms with E-state index >= 15 is 0 Å². The number of amides is 1. The molecule has 0 bridgehead atoms. The highest BCUT2D eigenvalue weighted by Crippen LogP contribution is 2.31. The van der Waals surface area contributed by atoms with Crippen LogP contribution < -0.4 is 0 Å². The molecular weight excluding hydrogens is 316 g/mol. The van der Waals surface area contributed by atoms with Gasteiger partial charge in [-0.25, -0.2) is 8.42 Å². The number of aromatic nitrogens is 2. The largest absolute Gasteiger partial charge is 0.335 e. The summed E-state index contributed by atoms with van der Waals surface area (Å²) in [6.07, 6.45) is 4.80. The van der Waals surface area contributed by atoms with E-state index < -0.39 is 10.0 Å². The number of hydrogen-bond donors (Lipinski definition) is 0. The van der Waals surface area contributed by atoms with Gasteiger partial charge in [0, 0.05) is 38.4 Å². The third-order valence-electron chi connectivity index (χ3n) is 4.97. The highest BCUT2D eigenvalue weighted by Gasteiger charge is 2.41. The fraction of sp³-hybridized carbons (Fsp3) is 0.733. The number of sulfonamides is 1. The lowest BCUT2D eigenvalue weighted by atomic mass is 10.1. The molecule has 0 radical (unpaired) electrons. The van der Waals surface area contributed by atoms with Crippen molar-refractivity contribution in [2.75, 3.05) is 26.2 Å². The van der Waals surface area contributed by atoms with E-state index in [-0.39, 0.29) is 11.2 Å². The first-order valence-corrected chi connectivity index (χ1v) is 9.91. The zero-order valence-electron chi connectivity index (χ0n) is 13.1. The average molecular weight is 338 g/mol. The maximum Gasteiger partial charge on any atom is 0.274 e. The number of hydrogen-bond acceptors (Lipinski definition) is 4. The molecular formula is C15H22N4O3S. The van der Waals surface area contributed by atoms with Crippen molar-refractivity contribution in [2.24, 2.45) is 0 Å². The minimum absolute atomic E-state index is 0.0737. The van der Waals surface area contributed by atoms with Crippen LogP contribution in [0, 0.1) is 0 Å². The monoisotopic (exact) mass is 338 g/mol. The topological polar surface area (TPSA) is 75.5 Å². The smallest absolute Gasteiger partial charge is 0.274 e. The Morgan fingerprint density at radius 2 is 1.83 bits per heavy atom. The van der Waals surface area contributed by atoms with Crippen molar-refractivity contribution in [3.05, 3.63) is 17.5 Å². The number of rotatable bonds is 3. The maximum atomic E-state index is 12.6. The minimum Gasteiger partial charge on any atom is -0.335 e. The van der Waals surface area contributed by atoms with E-state index in [1.807, 2.05) is 10.7 Å². The van der Waals surface area contributed by atoms with E-state index in [0.717, 1.165) is 44.3 Å². The van der Waals surface area contributed by atoms with Crippen LogP contribution in [0.15, 0.2) is 6.07 Å². The number of fused-ring (bicyclic) bond motifs is 1. The van der Waals surface area contributed by atoms with Gasteiger partial charge in [-0.2, -0.15) is 9.40 Å². The van der Waals surface area contributed by atoms with Crippen LogP contribution in [0.2, 0.25) is 0 Å². The molecule has 7 nitrogen and oxygen atoms in total. The van der Waals surface area contributed by atoms with Crippen molar-refractivity contribution in [1.82, 2.24) is 19.0 Å². The summed E-state index contributed by atoms with van der Waals surface area (Å²) in [6.45, 7) is 2.59. The van der Waals surface area contributed by atoms with Crippen LogP contribution in [0.3, 0.4) is 0 Å². The molecule has 1 aliphatic carbocycles. The number of carbonyl (C=O) groups excluding carboxylic acids is 1. The Morgan fingerprint density at radius 1 is 1.09 bits per heavy atom. The molecule has 1 saturated carbocycles. The Bertz CT molecular complexity index is 692. The van der Waals surface area contributed by atoms with E-state index in [9.17, 15) is 13.2 Å². The molecule has 1 aromatic rings. The van der Waals surface area contributed by atoms with E-state index in [1.165, 1.54) is 0 Å². The molecule has 3 heterocycles. The standard InChI is InChI=1S/C15H22N4O3S/c20-15(14-11-12-3-1-2-6-19(12)16-14)17-7-9-18(10-8-17)23(21,22)13-4-5-13/h11,13H,1-10H2. The SMILES string of the molecule is O=C(c1cc2n(n1)CCCC2)N1CCN(S(=O)(=O)C2CC2)CC1. The number of carbonyl (C=O) groups is 1. The molecule has 1 amide bonds. The van der Waals surface area contributed by atoms with Gasteiger partial charge in [0.05, 0.1) is 5.25 Å². The number of piperazine rings is 1. The lowest BCUT2D eigenvalue weighted by molar-refractivity contribution is 0.0691. The molecule has 0 N–H and O–H groups in total. The van der Waals surface area contributed by atoms with Gasteiger partial charge in [-0.05, 0) is 38.2 Å². The Kier molecular flexibility index (Phi) is 3.68. The van der Waals surface area contributed by atoms with Crippen molar-refractivity contribution in [1.29, 1.82) is 0 Å². The summed E-state index contributed by atoms with van der Waals surface area (Å²) in [7, 11) is -3.13. The lowest BCUT2D eigenvalue weighted by Crippen LogP contribution is -2.51. The van der Waals surface area contributed by atoms with E-state index in [4.69, 9.17) is 0 Å². The van der Waals surface area contributed by atoms with Crippen LogP contribution in [0.1, 0.15) is 41.9 Å². The molecule has 1 aromatic heterocycles. The Labute approximate surface area is 136 Å². The Morgan fingerprint density at radius 3 is 2.48 bits per heavy atom. The molecule has 2 aliphatic heterocycles. The van der Waals surface area contributed by atoms with Gasteiger partial charge in [0.15, 0.2) is 5.69 Å². The number of aryl methyl sites for hydroxylation is 2. The van der Waals surface area contributed by atoms with Gasteiger partial charge in [-0.3, -0.25) is 9.48 Å². The van der Waals surface area contributed by atoms with Gasteiger partial charge in [0.25, 0.3) is 5.91 Å². The minimum atomic E-state index is -3.13. The van der Waals surface area contributed by atoms with Gasteiger partial charge in [-0.1, -0.05) is 0 Å². The molecule has 0 unspecified atom stereocenters. The summed E-state index contributed by atoms with van der Waals surface area (Å²) in [4.78, 5) is 14.3. The molecule has 0 atom stereocenters. The predicted molar refractivity (Wildman–Crippen MR) is 84.6 cm³/mol. The molecule has 0 spiro atoms. The molecule has 8 heteroatoms. The fourth-order valence-electron chi connectivity index (χ4n) is 3.41. The summed E-state index contributed by atoms with van der Waals surface area (Å²) in [5, 5.41) is 4.25. The summed E-state index contributed by atoms with van der Waals surface area (Å²) >= 11 is 0. The summed E-state index contributed by atoms with van der Waals surface area (Å²) in [5.74, 6) is -0.0737. The summed E-state index contributed by atoms with van der Waals surface area (Å²) in [6, 6.07) is 1.90. The zero-order chi connectivity index (χ0) is 16.0. The Hall–Kier alpha value is -1.41. The van der Waals surface area contributed by atoms with Crippen LogP contribution in [0.25, 0.3) is 0 Å². The van der Waals surface area contributed by atoms with Gasteiger partial charge in [0.2, 0.25) is 10.0 Å². The van der Waals surface area contributed by atoms with E-state index in [2.05, 4.69) is 5.10 Å². The first kappa shape index (κ1) is 15.1. The van der Waals surface area contributed by atoms with Crippen molar-refractivity contribution >= 4 is 15.9 Å². The van der Waals surface area contributed by atoms with Crippen LogP contribution in [0.5, 0.6) is 0 Å². The second-order valence-electron chi connectivity index (χ2n) is 6.64. The third kappa shape index (κ3) is 2.78. The molecule has 0 aromatic carbocycles. The first-order chi connectivity index (χ1) is 11.1. The molecule has 3 aliphatic rings. The molecule has 126 valence electrons. The van der Waals surface area contributed by atoms with Crippen molar-refractivity contribution in [2.45, 2.75) is 43.9 Å². The summed E-state index contributed by atoms with van der Waals surface area (Å²) in [5.41, 5.74) is 1.63. The van der Waals surface area contributed by atoms with Crippen molar-refractivity contribution in [3.63, 3.8) is 0 Å². The normalized spacial score (nSPS) is 22.9. The average Bonchev–Trinajstić information content (AvgIpc) is 3.34. The van der Waals surface area contributed by atoms with Gasteiger partial charge in [0.1, 0.15) is 0 Å². The Balaban J connectivity index is 1.42. The fourth-order valence-corrected chi connectivity index (χ4v) is 5.23. The third-order valence-corrected chi connectivity index (χ3v) is 7.37. The second kappa shape index (κ2) is 5.59. The van der Waals surface area contributed by atoms with Crippen LogP contribution in [-0.4, -0.2) is 64.7 Å². The van der Waals surface area contributed by atoms with Gasteiger partial charge >= 0.3 is 0 Å². The van der Waals surface area contributed by atoms with Crippen LogP contribution in [-0.2, 0) is 23.0 Å². The molecule has 2 fully saturated rings. The van der Waals surface area contributed by atoms with Crippen molar-refractivity contribution in [3.8, 4) is 0 Å². The van der Waals surface area contributed by atoms with Crippen molar-refractivity contribution < 1.29 is 13.2 Å². The summed E-state index contributed by atoms with van der Waals surface area (Å²) < 4.78 is 28.0. The molecule has 1 saturated heterocycles. The number of nitrogens with zero attached hydrogens (tertiary/aromatic N) is 4. The molecule has 4 rings (SSSR count). The van der Waals surface area contributed by atoms with Gasteiger partial charge < -0.3 is 4.90 Å².